The number of aromatic amines is 1. The molecule has 0 radical (unpaired) electrons. The summed E-state index contributed by atoms with van der Waals surface area (Å²) in [5.41, 5.74) is 4.17. The Labute approximate surface area is 182 Å². The van der Waals surface area contributed by atoms with E-state index in [0.717, 1.165) is 42.9 Å². The second kappa shape index (κ2) is 9.31. The number of piperidine rings is 1. The third kappa shape index (κ3) is 4.77. The van der Waals surface area contributed by atoms with Crippen LogP contribution in [0.15, 0.2) is 47.5 Å². The Morgan fingerprint density at radius 1 is 1.19 bits per heavy atom. The molecule has 0 spiro atoms. The molecule has 4 rings (SSSR count). The van der Waals surface area contributed by atoms with E-state index in [1.54, 1.807) is 26.3 Å². The monoisotopic (exact) mass is 421 g/mol. The molecule has 1 saturated heterocycles. The lowest BCUT2D eigenvalue weighted by Gasteiger charge is -2.29. The molecule has 1 aliphatic heterocycles. The number of rotatable bonds is 6. The van der Waals surface area contributed by atoms with Crippen molar-refractivity contribution in [3.8, 4) is 17.0 Å². The third-order valence-electron chi connectivity index (χ3n) is 5.82. The summed E-state index contributed by atoms with van der Waals surface area (Å²) in [5, 5.41) is 10.5. The van der Waals surface area contributed by atoms with Crippen LogP contribution < -0.4 is 10.1 Å². The zero-order valence-electron chi connectivity index (χ0n) is 18.2. The van der Waals surface area contributed by atoms with Gasteiger partial charge in [-0.1, -0.05) is 6.07 Å². The van der Waals surface area contributed by atoms with Gasteiger partial charge in [0.05, 0.1) is 12.8 Å². The molecule has 1 fully saturated rings. The van der Waals surface area contributed by atoms with Crippen LogP contribution in [0.2, 0.25) is 0 Å². The molecule has 6 nitrogen and oxygen atoms in total. The maximum Gasteiger partial charge on any atom is 0.152 e. The highest BCUT2D eigenvalue weighted by atomic mass is 19.1. The maximum absolute atomic E-state index is 14.1. The molecular formula is C24H28FN5O. The van der Waals surface area contributed by atoms with Gasteiger partial charge in [0.15, 0.2) is 5.82 Å². The van der Waals surface area contributed by atoms with E-state index in [9.17, 15) is 4.39 Å². The summed E-state index contributed by atoms with van der Waals surface area (Å²) in [6, 6.07) is 13.2. The van der Waals surface area contributed by atoms with Crippen molar-refractivity contribution < 1.29 is 9.13 Å². The molecule has 162 valence electrons. The van der Waals surface area contributed by atoms with Crippen molar-refractivity contribution in [1.29, 1.82) is 0 Å². The molecule has 0 unspecified atom stereocenters. The number of H-pyrrole nitrogens is 1. The van der Waals surface area contributed by atoms with E-state index in [1.165, 1.54) is 17.8 Å². The number of nitrogens with one attached hydrogen (secondary N) is 2. The predicted octanol–water partition coefficient (Wildman–Crippen LogP) is 4.83. The second-order valence-corrected chi connectivity index (χ2v) is 7.95. The van der Waals surface area contributed by atoms with Gasteiger partial charge >= 0.3 is 0 Å². The molecular weight excluding hydrogens is 393 g/mol. The number of nitrogens with zero attached hydrogens (tertiary/aromatic N) is 3. The van der Waals surface area contributed by atoms with Crippen LogP contribution in [-0.4, -0.2) is 55.6 Å². The quantitative estimate of drug-likeness (QED) is 0.560. The number of benzene rings is 2. The number of likely N-dealkylation sites (tertiary alicyclic amines) is 1. The molecule has 0 atom stereocenters. The van der Waals surface area contributed by atoms with E-state index in [2.05, 4.69) is 50.7 Å². The Hall–Kier alpha value is -3.19. The first-order valence-electron chi connectivity index (χ1n) is 10.5. The Morgan fingerprint density at radius 3 is 2.71 bits per heavy atom. The van der Waals surface area contributed by atoms with Crippen molar-refractivity contribution in [3.63, 3.8) is 0 Å². The molecule has 0 bridgehead atoms. The molecule has 2 N–H and O–H groups in total. The smallest absolute Gasteiger partial charge is 0.152 e. The van der Waals surface area contributed by atoms with E-state index < -0.39 is 0 Å². The fourth-order valence-electron chi connectivity index (χ4n) is 4.05. The number of aliphatic imine (C=N–C) groups is 1. The average Bonchev–Trinajstić information content (AvgIpc) is 3.24. The molecule has 31 heavy (non-hydrogen) atoms. The minimum Gasteiger partial charge on any atom is -0.496 e. The van der Waals surface area contributed by atoms with Crippen molar-refractivity contribution in [2.24, 2.45) is 4.99 Å². The standard InChI is InChI=1S/C24H28FN5O/c1-26-15-18-4-6-19(13-21(18)25)27-24-14-22(28-29-24)20-7-5-17(12-23(20)31-3)16-8-10-30(2)11-9-16/h4-7,12-16H,8-11H2,1-3H3,(H2,27,28,29). The molecule has 0 amide bonds. The lowest BCUT2D eigenvalue weighted by molar-refractivity contribution is 0.255. The Bertz CT molecular complexity index is 1070. The molecule has 1 aromatic heterocycles. The summed E-state index contributed by atoms with van der Waals surface area (Å²) in [6.45, 7) is 2.24. The lowest BCUT2D eigenvalue weighted by atomic mass is 9.88. The van der Waals surface area contributed by atoms with Crippen LogP contribution in [-0.2, 0) is 0 Å². The van der Waals surface area contributed by atoms with Gasteiger partial charge in [-0.3, -0.25) is 10.1 Å². The van der Waals surface area contributed by atoms with Crippen LogP contribution in [0.1, 0.15) is 29.9 Å². The van der Waals surface area contributed by atoms with Gasteiger partial charge in [-0.05, 0) is 74.8 Å². The fourth-order valence-corrected chi connectivity index (χ4v) is 4.05. The lowest BCUT2D eigenvalue weighted by Crippen LogP contribution is -2.29. The number of aromatic nitrogens is 2. The number of halogens is 1. The Balaban J connectivity index is 1.52. The van der Waals surface area contributed by atoms with Crippen LogP contribution in [0, 0.1) is 5.82 Å². The summed E-state index contributed by atoms with van der Waals surface area (Å²) >= 11 is 0. The highest BCUT2D eigenvalue weighted by Gasteiger charge is 2.20. The van der Waals surface area contributed by atoms with Gasteiger partial charge in [-0.15, -0.1) is 0 Å². The van der Waals surface area contributed by atoms with E-state index in [1.807, 2.05) is 6.07 Å². The summed E-state index contributed by atoms with van der Waals surface area (Å²) in [7, 11) is 5.48. The van der Waals surface area contributed by atoms with Gasteiger partial charge < -0.3 is 15.0 Å². The number of ether oxygens (including phenoxy) is 1. The van der Waals surface area contributed by atoms with Crippen molar-refractivity contribution in [1.82, 2.24) is 15.1 Å². The summed E-state index contributed by atoms with van der Waals surface area (Å²) in [5.74, 6) is 1.65. The number of methoxy groups -OCH3 is 1. The van der Waals surface area contributed by atoms with Crippen LogP contribution >= 0.6 is 0 Å². The minimum absolute atomic E-state index is 0.336. The fraction of sp³-hybridized carbons (Fsp3) is 0.333. The van der Waals surface area contributed by atoms with Gasteiger partial charge in [-0.2, -0.15) is 5.10 Å². The number of hydrogen-bond acceptors (Lipinski definition) is 5. The SMILES string of the molecule is CN=Cc1ccc(Nc2cc(-c3ccc(C4CCN(C)CC4)cc3OC)[nH]n2)cc1F. The van der Waals surface area contributed by atoms with Crippen LogP contribution in [0.25, 0.3) is 11.3 Å². The van der Waals surface area contributed by atoms with Crippen molar-refractivity contribution in [3.05, 3.63) is 59.4 Å². The van der Waals surface area contributed by atoms with E-state index in [4.69, 9.17) is 4.74 Å². The van der Waals surface area contributed by atoms with Gasteiger partial charge in [0.2, 0.25) is 0 Å². The first-order valence-corrected chi connectivity index (χ1v) is 10.5. The van der Waals surface area contributed by atoms with Gasteiger partial charge in [-0.25, -0.2) is 4.39 Å². The highest BCUT2D eigenvalue weighted by molar-refractivity contribution is 5.81. The van der Waals surface area contributed by atoms with E-state index in [-0.39, 0.29) is 5.82 Å². The Kier molecular flexibility index (Phi) is 6.32. The molecule has 2 heterocycles. The largest absolute Gasteiger partial charge is 0.496 e. The minimum atomic E-state index is -0.336. The average molecular weight is 422 g/mol. The second-order valence-electron chi connectivity index (χ2n) is 7.95. The zero-order valence-corrected chi connectivity index (χ0v) is 18.2. The van der Waals surface area contributed by atoms with Crippen molar-refractivity contribution in [2.75, 3.05) is 39.6 Å². The molecule has 0 aliphatic carbocycles. The van der Waals surface area contributed by atoms with E-state index in [0.29, 0.717) is 23.0 Å². The molecule has 3 aromatic rings. The predicted molar refractivity (Wildman–Crippen MR) is 123 cm³/mol. The summed E-state index contributed by atoms with van der Waals surface area (Å²) < 4.78 is 19.8. The Morgan fingerprint density at radius 2 is 2.00 bits per heavy atom. The van der Waals surface area contributed by atoms with Crippen molar-refractivity contribution >= 4 is 17.7 Å². The third-order valence-corrected chi connectivity index (χ3v) is 5.82. The van der Waals surface area contributed by atoms with Crippen molar-refractivity contribution in [2.45, 2.75) is 18.8 Å². The summed E-state index contributed by atoms with van der Waals surface area (Å²) in [4.78, 5) is 6.23. The maximum atomic E-state index is 14.1. The van der Waals surface area contributed by atoms with Crippen LogP contribution in [0.3, 0.4) is 0 Å². The number of hydrogen-bond donors (Lipinski definition) is 2. The van der Waals surface area contributed by atoms with Gasteiger partial charge in [0, 0.05) is 36.1 Å². The molecule has 7 heteroatoms. The summed E-state index contributed by atoms with van der Waals surface area (Å²) in [6.07, 6.45) is 3.82. The normalized spacial score (nSPS) is 15.5. The highest BCUT2D eigenvalue weighted by Crippen LogP contribution is 2.36. The van der Waals surface area contributed by atoms with Gasteiger partial charge in [0.1, 0.15) is 11.6 Å². The topological polar surface area (TPSA) is 65.5 Å². The first kappa shape index (κ1) is 21.1. The van der Waals surface area contributed by atoms with Crippen LogP contribution in [0.4, 0.5) is 15.9 Å². The van der Waals surface area contributed by atoms with E-state index >= 15 is 0 Å². The zero-order chi connectivity index (χ0) is 21.8. The van der Waals surface area contributed by atoms with Crippen LogP contribution in [0.5, 0.6) is 5.75 Å². The number of anilines is 2. The molecule has 1 aliphatic rings. The molecule has 0 saturated carbocycles. The first-order chi connectivity index (χ1) is 15.1. The van der Waals surface area contributed by atoms with Gasteiger partial charge in [0.25, 0.3) is 0 Å². The molecule has 2 aromatic carbocycles.